The number of hydrogen-bond donors (Lipinski definition) is 1. The van der Waals surface area contributed by atoms with Crippen molar-refractivity contribution in [2.45, 2.75) is 70.9 Å². The van der Waals surface area contributed by atoms with Crippen molar-refractivity contribution < 1.29 is 22.1 Å². The molecule has 1 heterocycles. The van der Waals surface area contributed by atoms with Gasteiger partial charge in [-0.15, -0.1) is 0 Å². The molecular formula is C21H27NO5S. The minimum Gasteiger partial charge on any atom is -0.462 e. The van der Waals surface area contributed by atoms with Crippen LogP contribution >= 0.6 is 0 Å². The molecule has 5 rings (SSSR count). The quantitative estimate of drug-likeness (QED) is 0.726. The fraction of sp³-hybridized carbons (Fsp3) is 0.667. The number of carbonyl (C=O) groups excluding carboxylic acids is 1. The molecule has 0 amide bonds. The van der Waals surface area contributed by atoms with E-state index in [1.165, 1.54) is 18.1 Å². The van der Waals surface area contributed by atoms with Crippen LogP contribution in [0.3, 0.4) is 0 Å². The third kappa shape index (κ3) is 2.70. The maximum Gasteiger partial charge on any atom is 0.382 e. The van der Waals surface area contributed by atoms with Gasteiger partial charge >= 0.3 is 16.3 Å². The molecule has 2 fully saturated rings. The summed E-state index contributed by atoms with van der Waals surface area (Å²) >= 11 is 0. The largest absolute Gasteiger partial charge is 0.462 e. The van der Waals surface area contributed by atoms with Crippen LogP contribution in [0, 0.1) is 17.3 Å². The zero-order valence-electron chi connectivity index (χ0n) is 16.4. The minimum atomic E-state index is -3.67. The number of ether oxygens (including phenoxy) is 1. The number of esters is 1. The summed E-state index contributed by atoms with van der Waals surface area (Å²) in [5.74, 6) is 1.99. The van der Waals surface area contributed by atoms with Crippen molar-refractivity contribution in [1.82, 2.24) is 4.72 Å². The van der Waals surface area contributed by atoms with E-state index in [-0.39, 0.29) is 17.5 Å². The summed E-state index contributed by atoms with van der Waals surface area (Å²) in [4.78, 5) is 11.6. The Kier molecular flexibility index (Phi) is 4.08. The molecule has 5 atom stereocenters. The second kappa shape index (κ2) is 6.20. The zero-order chi connectivity index (χ0) is 19.7. The molecule has 0 bridgehead atoms. The van der Waals surface area contributed by atoms with Crippen LogP contribution in [0.5, 0.6) is 5.75 Å². The lowest BCUT2D eigenvalue weighted by Gasteiger charge is -2.50. The fourth-order valence-electron chi connectivity index (χ4n) is 6.65. The molecule has 1 aliphatic heterocycles. The number of hydrogen-bond acceptors (Lipinski definition) is 5. The van der Waals surface area contributed by atoms with Gasteiger partial charge in [-0.05, 0) is 73.5 Å². The Labute approximate surface area is 166 Å². The van der Waals surface area contributed by atoms with Crippen molar-refractivity contribution in [3.63, 3.8) is 0 Å². The standard InChI is InChI=1S/C21H27NO5S/c1-12(23)26-20-8-6-18-16-4-3-14-13(15(16)9-10-21(18,20)2)5-7-19-17(14)11-22-28(24,25)27-19/h5,7,15-16,18,20,22H,3-4,6,8-11H2,1-2H3/t15?,16?,18?,20-,21?/m0/s1. The van der Waals surface area contributed by atoms with Gasteiger partial charge in [0.05, 0.1) is 0 Å². The van der Waals surface area contributed by atoms with Gasteiger partial charge in [-0.25, -0.2) is 0 Å². The van der Waals surface area contributed by atoms with Crippen LogP contribution in [0.25, 0.3) is 0 Å². The van der Waals surface area contributed by atoms with Crippen molar-refractivity contribution in [3.05, 3.63) is 28.8 Å². The molecule has 152 valence electrons. The molecule has 4 aliphatic rings. The normalized spacial score (nSPS) is 37.6. The van der Waals surface area contributed by atoms with Crippen molar-refractivity contribution >= 4 is 16.3 Å². The summed E-state index contributed by atoms with van der Waals surface area (Å²) in [6, 6.07) is 3.92. The fourth-order valence-corrected chi connectivity index (χ4v) is 7.42. The van der Waals surface area contributed by atoms with E-state index in [0.717, 1.165) is 44.1 Å². The molecule has 1 aromatic rings. The maximum absolute atomic E-state index is 11.7. The van der Waals surface area contributed by atoms with E-state index in [0.29, 0.717) is 30.0 Å². The van der Waals surface area contributed by atoms with Gasteiger partial charge < -0.3 is 8.92 Å². The topological polar surface area (TPSA) is 81.7 Å². The molecule has 1 N–H and O–H groups in total. The molecule has 0 aromatic heterocycles. The van der Waals surface area contributed by atoms with Gasteiger partial charge in [0.1, 0.15) is 11.9 Å². The molecule has 2 saturated carbocycles. The van der Waals surface area contributed by atoms with E-state index >= 15 is 0 Å². The van der Waals surface area contributed by atoms with Gasteiger partial charge in [0.2, 0.25) is 0 Å². The monoisotopic (exact) mass is 405 g/mol. The van der Waals surface area contributed by atoms with E-state index in [4.69, 9.17) is 8.92 Å². The molecule has 7 heteroatoms. The lowest BCUT2D eigenvalue weighted by molar-refractivity contribution is -0.154. The predicted molar refractivity (Wildman–Crippen MR) is 103 cm³/mol. The average molecular weight is 406 g/mol. The summed E-state index contributed by atoms with van der Waals surface area (Å²) in [6.45, 7) is 4.14. The van der Waals surface area contributed by atoms with Crippen molar-refractivity contribution in [2.75, 3.05) is 0 Å². The molecule has 6 nitrogen and oxygen atoms in total. The summed E-state index contributed by atoms with van der Waals surface area (Å²) in [7, 11) is -3.67. The van der Waals surface area contributed by atoms with Crippen LogP contribution < -0.4 is 8.91 Å². The summed E-state index contributed by atoms with van der Waals surface area (Å²) in [5.41, 5.74) is 3.73. The Balaban J connectivity index is 1.47. The number of benzene rings is 1. The van der Waals surface area contributed by atoms with Crippen LogP contribution in [0.1, 0.15) is 68.6 Å². The van der Waals surface area contributed by atoms with Crippen LogP contribution in [0.4, 0.5) is 0 Å². The summed E-state index contributed by atoms with van der Waals surface area (Å²) in [5, 5.41) is 0. The predicted octanol–water partition coefficient (Wildman–Crippen LogP) is 3.20. The number of carbonyl (C=O) groups is 1. The van der Waals surface area contributed by atoms with Crippen LogP contribution in [-0.4, -0.2) is 20.5 Å². The maximum atomic E-state index is 11.7. The van der Waals surface area contributed by atoms with Crippen LogP contribution in [0.2, 0.25) is 0 Å². The Morgan fingerprint density at radius 2 is 2.04 bits per heavy atom. The Hall–Kier alpha value is -1.60. The molecule has 3 aliphatic carbocycles. The summed E-state index contributed by atoms with van der Waals surface area (Å²) in [6.07, 6.45) is 6.35. The Morgan fingerprint density at radius 1 is 1.21 bits per heavy atom. The highest BCUT2D eigenvalue weighted by molar-refractivity contribution is 7.85. The first-order chi connectivity index (χ1) is 13.3. The highest BCUT2D eigenvalue weighted by Gasteiger charge is 2.56. The SMILES string of the molecule is CC(=O)O[C@H]1CCC2C3CCc4c(ccc5c4CNS(=O)(=O)O5)C3CCC21C. The average Bonchev–Trinajstić information content (AvgIpc) is 2.96. The molecular weight excluding hydrogens is 378 g/mol. The highest BCUT2D eigenvalue weighted by atomic mass is 32.2. The van der Waals surface area contributed by atoms with Crippen LogP contribution in [0.15, 0.2) is 12.1 Å². The van der Waals surface area contributed by atoms with Crippen LogP contribution in [-0.2, 0) is 32.8 Å². The first-order valence-electron chi connectivity index (χ1n) is 10.3. The number of nitrogens with one attached hydrogen (secondary N) is 1. The lowest BCUT2D eigenvalue weighted by Crippen LogP contribution is -2.45. The third-order valence-corrected chi connectivity index (χ3v) is 8.73. The van der Waals surface area contributed by atoms with Gasteiger partial charge in [0.15, 0.2) is 0 Å². The smallest absolute Gasteiger partial charge is 0.382 e. The van der Waals surface area contributed by atoms with E-state index in [2.05, 4.69) is 17.7 Å². The molecule has 0 saturated heterocycles. The van der Waals surface area contributed by atoms with Crippen molar-refractivity contribution in [1.29, 1.82) is 0 Å². The molecule has 28 heavy (non-hydrogen) atoms. The summed E-state index contributed by atoms with van der Waals surface area (Å²) < 4.78 is 36.8. The molecule has 4 unspecified atom stereocenters. The molecule has 0 radical (unpaired) electrons. The number of fused-ring (bicyclic) bond motifs is 7. The van der Waals surface area contributed by atoms with Crippen molar-refractivity contribution in [3.8, 4) is 5.75 Å². The highest BCUT2D eigenvalue weighted by Crippen LogP contribution is 2.62. The van der Waals surface area contributed by atoms with E-state index in [9.17, 15) is 13.2 Å². The third-order valence-electron chi connectivity index (χ3n) is 7.84. The Morgan fingerprint density at radius 3 is 2.82 bits per heavy atom. The Bertz CT molecular complexity index is 942. The van der Waals surface area contributed by atoms with E-state index in [1.807, 2.05) is 6.07 Å². The first-order valence-corrected chi connectivity index (χ1v) is 11.7. The number of rotatable bonds is 1. The van der Waals surface area contributed by atoms with E-state index in [1.54, 1.807) is 0 Å². The zero-order valence-corrected chi connectivity index (χ0v) is 17.2. The second-order valence-corrected chi connectivity index (χ2v) is 10.5. The van der Waals surface area contributed by atoms with Gasteiger partial charge in [-0.1, -0.05) is 13.0 Å². The van der Waals surface area contributed by atoms with Crippen molar-refractivity contribution in [2.24, 2.45) is 17.3 Å². The molecule has 0 spiro atoms. The van der Waals surface area contributed by atoms with Gasteiger partial charge in [-0.3, -0.25) is 4.79 Å². The van der Waals surface area contributed by atoms with Gasteiger partial charge in [-0.2, -0.15) is 13.1 Å². The molecule has 1 aromatic carbocycles. The van der Waals surface area contributed by atoms with Gasteiger partial charge in [0.25, 0.3) is 0 Å². The second-order valence-electron chi connectivity index (χ2n) is 9.10. The lowest BCUT2D eigenvalue weighted by atomic mass is 9.55. The van der Waals surface area contributed by atoms with E-state index < -0.39 is 10.3 Å². The van der Waals surface area contributed by atoms with Gasteiger partial charge in [0, 0.05) is 24.4 Å². The minimum absolute atomic E-state index is 0.0451. The first kappa shape index (κ1) is 18.4.